The lowest BCUT2D eigenvalue weighted by atomic mass is 10.2. The molecule has 0 aliphatic carbocycles. The van der Waals surface area contributed by atoms with Crippen LogP contribution in [0.3, 0.4) is 0 Å². The predicted octanol–water partition coefficient (Wildman–Crippen LogP) is 3.34. The molecule has 154 valence electrons. The summed E-state index contributed by atoms with van der Waals surface area (Å²) in [6.07, 6.45) is 0.446. The van der Waals surface area contributed by atoms with Gasteiger partial charge in [-0.1, -0.05) is 6.07 Å². The van der Waals surface area contributed by atoms with Crippen LogP contribution in [-0.2, 0) is 24.4 Å². The number of ketones is 1. The van der Waals surface area contributed by atoms with Gasteiger partial charge in [0.05, 0.1) is 24.0 Å². The van der Waals surface area contributed by atoms with Gasteiger partial charge in [-0.25, -0.2) is 9.97 Å². The lowest BCUT2D eigenvalue weighted by Gasteiger charge is -2.05. The van der Waals surface area contributed by atoms with Crippen LogP contribution in [-0.4, -0.2) is 36.5 Å². The maximum Gasteiger partial charge on any atom is 0.433 e. The fourth-order valence-corrected chi connectivity index (χ4v) is 3.05. The number of ether oxygens (including phenoxy) is 1. The van der Waals surface area contributed by atoms with Crippen LogP contribution in [0.2, 0.25) is 0 Å². The minimum atomic E-state index is -4.52. The van der Waals surface area contributed by atoms with Crippen molar-refractivity contribution >= 4 is 11.4 Å². The molecule has 0 spiro atoms. The zero-order valence-corrected chi connectivity index (χ0v) is 15.8. The van der Waals surface area contributed by atoms with Crippen LogP contribution in [0.25, 0.3) is 16.9 Å². The summed E-state index contributed by atoms with van der Waals surface area (Å²) in [5.74, 6) is -0.174. The smallest absolute Gasteiger partial charge is 0.433 e. The van der Waals surface area contributed by atoms with E-state index in [1.165, 1.54) is 7.05 Å². The Morgan fingerprint density at radius 3 is 2.67 bits per heavy atom. The maximum atomic E-state index is 12.8. The van der Waals surface area contributed by atoms with Crippen molar-refractivity contribution in [1.82, 2.24) is 24.1 Å². The number of hydrogen-bond donors (Lipinski definition) is 0. The highest BCUT2D eigenvalue weighted by Gasteiger charge is 2.35. The van der Waals surface area contributed by atoms with Gasteiger partial charge < -0.3 is 4.74 Å². The summed E-state index contributed by atoms with van der Waals surface area (Å²) in [4.78, 5) is 20.6. The molecule has 0 aromatic carbocycles. The molecule has 0 unspecified atom stereocenters. The van der Waals surface area contributed by atoms with Crippen molar-refractivity contribution in [2.75, 3.05) is 6.61 Å². The molecule has 0 saturated heterocycles. The summed E-state index contributed by atoms with van der Waals surface area (Å²) >= 11 is 0. The molecule has 7 nitrogen and oxygen atoms in total. The topological polar surface area (TPSA) is 74.3 Å². The van der Waals surface area contributed by atoms with Gasteiger partial charge in [-0.2, -0.15) is 18.3 Å². The second-order valence-electron chi connectivity index (χ2n) is 6.60. The van der Waals surface area contributed by atoms with Gasteiger partial charge in [0.25, 0.3) is 0 Å². The summed E-state index contributed by atoms with van der Waals surface area (Å²) in [6, 6.07) is 9.95. The summed E-state index contributed by atoms with van der Waals surface area (Å²) in [6.45, 7) is -0.320. The molecule has 4 aromatic heterocycles. The SMILES string of the molecule is Cn1nc(CC(=O)COc2ccc(-c3cnc4ccccn34)cn2)cc1C(F)(F)F. The van der Waals surface area contributed by atoms with Gasteiger partial charge in [0.2, 0.25) is 5.88 Å². The van der Waals surface area contributed by atoms with Gasteiger partial charge in [0, 0.05) is 31.1 Å². The lowest BCUT2D eigenvalue weighted by molar-refractivity contribution is -0.143. The zero-order valence-electron chi connectivity index (χ0n) is 15.8. The molecule has 4 rings (SSSR count). The van der Waals surface area contributed by atoms with E-state index in [4.69, 9.17) is 4.74 Å². The second kappa shape index (κ2) is 7.62. The fourth-order valence-electron chi connectivity index (χ4n) is 3.05. The molecule has 0 aliphatic heterocycles. The van der Waals surface area contributed by atoms with Gasteiger partial charge in [-0.3, -0.25) is 13.9 Å². The minimum absolute atomic E-state index is 0.0364. The quantitative estimate of drug-likeness (QED) is 0.483. The van der Waals surface area contributed by atoms with Gasteiger partial charge in [0.15, 0.2) is 5.78 Å². The van der Waals surface area contributed by atoms with Crippen LogP contribution in [0.5, 0.6) is 5.88 Å². The van der Waals surface area contributed by atoms with E-state index in [1.807, 2.05) is 28.8 Å². The first-order chi connectivity index (χ1) is 14.3. The standard InChI is InChI=1S/C20H16F3N5O2/c1-27-17(20(21,22)23)9-14(26-27)8-15(29)12-30-19-6-5-13(10-25-19)16-11-24-18-4-2-3-7-28(16)18/h2-7,9-11H,8,12H2,1H3. The number of aromatic nitrogens is 5. The highest BCUT2D eigenvalue weighted by Crippen LogP contribution is 2.29. The lowest BCUT2D eigenvalue weighted by Crippen LogP contribution is -2.14. The van der Waals surface area contributed by atoms with Crippen LogP contribution < -0.4 is 4.74 Å². The summed E-state index contributed by atoms with van der Waals surface area (Å²) in [5, 5.41) is 3.73. The number of halogens is 3. The van der Waals surface area contributed by atoms with Crippen molar-refractivity contribution in [3.8, 4) is 17.1 Å². The van der Waals surface area contributed by atoms with Crippen LogP contribution in [0.15, 0.2) is 55.0 Å². The van der Waals surface area contributed by atoms with Crippen LogP contribution >= 0.6 is 0 Å². The highest BCUT2D eigenvalue weighted by molar-refractivity contribution is 5.82. The average molecular weight is 415 g/mol. The monoisotopic (exact) mass is 415 g/mol. The largest absolute Gasteiger partial charge is 0.470 e. The number of hydrogen-bond acceptors (Lipinski definition) is 5. The Balaban J connectivity index is 1.38. The van der Waals surface area contributed by atoms with Gasteiger partial charge in [0.1, 0.15) is 17.9 Å². The molecular formula is C20H16F3N5O2. The molecule has 0 saturated carbocycles. The van der Waals surface area contributed by atoms with E-state index in [-0.39, 0.29) is 24.6 Å². The number of pyridine rings is 2. The average Bonchev–Trinajstić information content (AvgIpc) is 3.30. The molecule has 4 heterocycles. The van der Waals surface area contributed by atoms with E-state index >= 15 is 0 Å². The van der Waals surface area contributed by atoms with Crippen molar-refractivity contribution in [3.63, 3.8) is 0 Å². The number of imidazole rings is 1. The summed E-state index contributed by atoms with van der Waals surface area (Å²) in [5.41, 5.74) is 1.61. The number of carbonyl (C=O) groups excluding carboxylic acids is 1. The van der Waals surface area contributed by atoms with E-state index in [0.717, 1.165) is 23.0 Å². The van der Waals surface area contributed by atoms with Gasteiger partial charge >= 0.3 is 6.18 Å². The fraction of sp³-hybridized carbons (Fsp3) is 0.200. The molecule has 10 heteroatoms. The Labute approximate surface area is 168 Å². The van der Waals surface area contributed by atoms with Crippen molar-refractivity contribution in [3.05, 3.63) is 66.4 Å². The molecule has 4 aromatic rings. The number of carbonyl (C=O) groups is 1. The third-order valence-corrected chi connectivity index (χ3v) is 4.43. The van der Waals surface area contributed by atoms with E-state index in [1.54, 1.807) is 24.5 Å². The number of fused-ring (bicyclic) bond motifs is 1. The highest BCUT2D eigenvalue weighted by atomic mass is 19.4. The molecule has 0 aliphatic rings. The zero-order chi connectivity index (χ0) is 21.3. The van der Waals surface area contributed by atoms with E-state index in [9.17, 15) is 18.0 Å². The third-order valence-electron chi connectivity index (χ3n) is 4.43. The Morgan fingerprint density at radius 2 is 1.97 bits per heavy atom. The number of alkyl halides is 3. The Hall–Kier alpha value is -3.69. The van der Waals surface area contributed by atoms with E-state index < -0.39 is 17.7 Å². The minimum Gasteiger partial charge on any atom is -0.470 e. The molecule has 30 heavy (non-hydrogen) atoms. The number of rotatable bonds is 6. The van der Waals surface area contributed by atoms with Gasteiger partial charge in [-0.05, 0) is 24.3 Å². The van der Waals surface area contributed by atoms with Crippen molar-refractivity contribution in [1.29, 1.82) is 0 Å². The third kappa shape index (κ3) is 4.02. The Morgan fingerprint density at radius 1 is 1.13 bits per heavy atom. The molecule has 0 radical (unpaired) electrons. The van der Waals surface area contributed by atoms with Crippen molar-refractivity contribution in [2.24, 2.45) is 7.05 Å². The van der Waals surface area contributed by atoms with Crippen LogP contribution in [0.4, 0.5) is 13.2 Å². The number of nitrogens with zero attached hydrogens (tertiary/aromatic N) is 5. The number of Topliss-reactive ketones (excluding diaryl/α,β-unsaturated/α-hetero) is 1. The first kappa shape index (κ1) is 19.6. The molecule has 0 fully saturated rings. The maximum absolute atomic E-state index is 12.8. The Bertz CT molecular complexity index is 1200. The van der Waals surface area contributed by atoms with E-state index in [0.29, 0.717) is 4.68 Å². The van der Waals surface area contributed by atoms with Crippen molar-refractivity contribution < 1.29 is 22.7 Å². The second-order valence-corrected chi connectivity index (χ2v) is 6.60. The molecular weight excluding hydrogens is 399 g/mol. The molecule has 0 atom stereocenters. The molecule has 0 N–H and O–H groups in total. The first-order valence-corrected chi connectivity index (χ1v) is 8.94. The first-order valence-electron chi connectivity index (χ1n) is 8.94. The Kier molecular flexibility index (Phi) is 4.98. The molecule has 0 bridgehead atoms. The van der Waals surface area contributed by atoms with Crippen molar-refractivity contribution in [2.45, 2.75) is 12.6 Å². The van der Waals surface area contributed by atoms with E-state index in [2.05, 4.69) is 15.1 Å². The van der Waals surface area contributed by atoms with Gasteiger partial charge in [-0.15, -0.1) is 0 Å². The summed E-state index contributed by atoms with van der Waals surface area (Å²) in [7, 11) is 1.18. The van der Waals surface area contributed by atoms with Crippen LogP contribution in [0, 0.1) is 0 Å². The molecule has 0 amide bonds. The summed E-state index contributed by atoms with van der Waals surface area (Å²) < 4.78 is 46.4. The van der Waals surface area contributed by atoms with Crippen LogP contribution in [0.1, 0.15) is 11.4 Å². The normalized spacial score (nSPS) is 11.7. The number of aryl methyl sites for hydroxylation is 1. The predicted molar refractivity (Wildman–Crippen MR) is 101 cm³/mol.